The van der Waals surface area contributed by atoms with Crippen LogP contribution in [-0.4, -0.2) is 15.7 Å². The van der Waals surface area contributed by atoms with E-state index >= 15 is 0 Å². The molecule has 0 aliphatic carbocycles. The lowest BCUT2D eigenvalue weighted by molar-refractivity contribution is 0.776. The minimum absolute atomic E-state index is 0.473. The van der Waals surface area contributed by atoms with Crippen molar-refractivity contribution in [2.75, 3.05) is 6.54 Å². The summed E-state index contributed by atoms with van der Waals surface area (Å²) < 4.78 is 0.625. The summed E-state index contributed by atoms with van der Waals surface area (Å²) in [5.41, 5.74) is 5.32. The second-order valence-electron chi connectivity index (χ2n) is 1.82. The van der Waals surface area contributed by atoms with Gasteiger partial charge in [-0.3, -0.25) is 0 Å². The first-order valence-electron chi connectivity index (χ1n) is 2.70. The van der Waals surface area contributed by atoms with E-state index in [1.807, 2.05) is 0 Å². The topological polar surface area (TPSA) is 26.0 Å². The highest BCUT2D eigenvalue weighted by molar-refractivity contribution is 14.1. The first-order chi connectivity index (χ1) is 3.68. The smallest absolute Gasteiger partial charge is 0.0198 e. The molecule has 0 saturated heterocycles. The number of rotatable bonds is 3. The molecule has 3 heteroatoms. The molecule has 0 saturated carbocycles. The maximum atomic E-state index is 5.32. The lowest BCUT2D eigenvalue weighted by Crippen LogP contribution is -2.15. The van der Waals surface area contributed by atoms with Crippen molar-refractivity contribution < 1.29 is 0 Å². The van der Waals surface area contributed by atoms with Crippen molar-refractivity contribution in [1.29, 1.82) is 0 Å². The minimum atomic E-state index is 0.473. The summed E-state index contributed by atoms with van der Waals surface area (Å²) in [6, 6.07) is 0. The summed E-state index contributed by atoms with van der Waals surface area (Å²) in [5.74, 6) is 0. The van der Waals surface area contributed by atoms with Crippen molar-refractivity contribution in [3.63, 3.8) is 0 Å². The molecule has 0 heterocycles. The van der Waals surface area contributed by atoms with Gasteiger partial charge >= 0.3 is 0 Å². The molecular formula is C5H12INS. The van der Waals surface area contributed by atoms with Crippen LogP contribution >= 0.6 is 35.2 Å². The van der Waals surface area contributed by atoms with Crippen LogP contribution in [0.25, 0.3) is 0 Å². The third-order valence-corrected chi connectivity index (χ3v) is 3.14. The predicted molar refractivity (Wildman–Crippen MR) is 49.9 cm³/mol. The molecule has 2 atom stereocenters. The molecule has 0 aromatic carbocycles. The normalized spacial score (nSPS) is 18.0. The Kier molecular flexibility index (Phi) is 5.51. The van der Waals surface area contributed by atoms with E-state index in [0.29, 0.717) is 9.17 Å². The van der Waals surface area contributed by atoms with E-state index in [2.05, 4.69) is 42.1 Å². The summed E-state index contributed by atoms with van der Waals surface area (Å²) in [7, 11) is 0. The van der Waals surface area contributed by atoms with Crippen LogP contribution in [0.1, 0.15) is 13.3 Å². The number of nitrogens with two attached hydrogens (primary N) is 1. The average molecular weight is 245 g/mol. The Labute approximate surface area is 70.0 Å². The first kappa shape index (κ1) is 9.04. The number of thiol groups is 1. The molecule has 0 aromatic rings. The molecule has 0 fully saturated rings. The first-order valence-corrected chi connectivity index (χ1v) is 4.47. The van der Waals surface area contributed by atoms with Gasteiger partial charge in [-0.1, -0.05) is 29.5 Å². The Morgan fingerprint density at radius 2 is 2.25 bits per heavy atom. The van der Waals surface area contributed by atoms with Crippen LogP contribution in [0.5, 0.6) is 0 Å². The fourth-order valence-electron chi connectivity index (χ4n) is 0.400. The molecule has 0 spiro atoms. The van der Waals surface area contributed by atoms with Crippen LogP contribution in [-0.2, 0) is 0 Å². The van der Waals surface area contributed by atoms with Crippen molar-refractivity contribution >= 4 is 35.2 Å². The fraction of sp³-hybridized carbons (Fsp3) is 1.00. The van der Waals surface area contributed by atoms with E-state index < -0.39 is 0 Å². The van der Waals surface area contributed by atoms with Crippen molar-refractivity contribution in [3.05, 3.63) is 0 Å². The van der Waals surface area contributed by atoms with Gasteiger partial charge in [-0.05, 0) is 13.0 Å². The fourth-order valence-corrected chi connectivity index (χ4v) is 0.909. The van der Waals surface area contributed by atoms with E-state index in [9.17, 15) is 0 Å². The second kappa shape index (κ2) is 4.88. The standard InChI is InChI=1S/C5H12INS/c1-4(6)5(8)2-3-7/h4-5,8H,2-3,7H2,1H3. The Bertz CT molecular complexity index is 58.4. The van der Waals surface area contributed by atoms with Crippen LogP contribution in [0.4, 0.5) is 0 Å². The van der Waals surface area contributed by atoms with Crippen LogP contribution in [0.15, 0.2) is 0 Å². The number of alkyl halides is 1. The molecule has 0 amide bonds. The van der Waals surface area contributed by atoms with Gasteiger partial charge in [0.2, 0.25) is 0 Å². The molecular weight excluding hydrogens is 233 g/mol. The Morgan fingerprint density at radius 3 is 2.38 bits per heavy atom. The zero-order chi connectivity index (χ0) is 6.57. The molecule has 0 radical (unpaired) electrons. The molecule has 8 heavy (non-hydrogen) atoms. The molecule has 50 valence electrons. The molecule has 0 rings (SSSR count). The van der Waals surface area contributed by atoms with Gasteiger partial charge in [-0.2, -0.15) is 12.6 Å². The lowest BCUT2D eigenvalue weighted by Gasteiger charge is -2.10. The van der Waals surface area contributed by atoms with Crippen molar-refractivity contribution in [3.8, 4) is 0 Å². The van der Waals surface area contributed by atoms with Crippen molar-refractivity contribution in [1.82, 2.24) is 0 Å². The monoisotopic (exact) mass is 245 g/mol. The Balaban J connectivity index is 3.17. The van der Waals surface area contributed by atoms with Gasteiger partial charge in [-0.25, -0.2) is 0 Å². The third kappa shape index (κ3) is 3.97. The van der Waals surface area contributed by atoms with Gasteiger partial charge in [0.15, 0.2) is 0 Å². The van der Waals surface area contributed by atoms with Gasteiger partial charge in [0.1, 0.15) is 0 Å². The van der Waals surface area contributed by atoms with E-state index in [0.717, 1.165) is 13.0 Å². The van der Waals surface area contributed by atoms with Crippen LogP contribution in [0.3, 0.4) is 0 Å². The Morgan fingerprint density at radius 1 is 1.75 bits per heavy atom. The quantitative estimate of drug-likeness (QED) is 0.439. The van der Waals surface area contributed by atoms with E-state index in [1.165, 1.54) is 0 Å². The molecule has 2 unspecified atom stereocenters. The number of hydrogen-bond acceptors (Lipinski definition) is 2. The maximum Gasteiger partial charge on any atom is 0.0198 e. The molecule has 0 aliphatic heterocycles. The minimum Gasteiger partial charge on any atom is -0.330 e. The zero-order valence-corrected chi connectivity index (χ0v) is 8.02. The maximum absolute atomic E-state index is 5.32. The van der Waals surface area contributed by atoms with Crippen molar-refractivity contribution in [2.45, 2.75) is 22.5 Å². The van der Waals surface area contributed by atoms with E-state index in [4.69, 9.17) is 5.73 Å². The average Bonchev–Trinajstić information content (AvgIpc) is 1.67. The summed E-state index contributed by atoms with van der Waals surface area (Å²) >= 11 is 6.68. The van der Waals surface area contributed by atoms with Crippen LogP contribution in [0.2, 0.25) is 0 Å². The van der Waals surface area contributed by atoms with Gasteiger partial charge in [0, 0.05) is 9.17 Å². The van der Waals surface area contributed by atoms with Gasteiger partial charge in [0.25, 0.3) is 0 Å². The van der Waals surface area contributed by atoms with Crippen molar-refractivity contribution in [2.24, 2.45) is 5.73 Å². The lowest BCUT2D eigenvalue weighted by atomic mass is 10.2. The third-order valence-electron chi connectivity index (χ3n) is 0.993. The highest BCUT2D eigenvalue weighted by atomic mass is 127. The van der Waals surface area contributed by atoms with Crippen LogP contribution in [0, 0.1) is 0 Å². The molecule has 0 bridgehead atoms. The molecule has 2 N–H and O–H groups in total. The Hall–Kier alpha value is 1.04. The highest BCUT2D eigenvalue weighted by Crippen LogP contribution is 2.13. The zero-order valence-electron chi connectivity index (χ0n) is 4.97. The van der Waals surface area contributed by atoms with Crippen LogP contribution < -0.4 is 5.73 Å². The molecule has 0 aromatic heterocycles. The highest BCUT2D eigenvalue weighted by Gasteiger charge is 2.06. The summed E-state index contributed by atoms with van der Waals surface area (Å²) in [4.78, 5) is 0. The van der Waals surface area contributed by atoms with Gasteiger partial charge in [-0.15, -0.1) is 0 Å². The molecule has 0 aliphatic rings. The number of halogens is 1. The summed E-state index contributed by atoms with van der Waals surface area (Å²) in [6.07, 6.45) is 1.02. The SMILES string of the molecule is CC(I)C(S)CCN. The van der Waals surface area contributed by atoms with E-state index in [-0.39, 0.29) is 0 Å². The second-order valence-corrected chi connectivity index (χ2v) is 4.45. The van der Waals surface area contributed by atoms with Gasteiger partial charge in [0.05, 0.1) is 0 Å². The summed E-state index contributed by atoms with van der Waals surface area (Å²) in [6.45, 7) is 2.90. The number of hydrogen-bond donors (Lipinski definition) is 2. The largest absolute Gasteiger partial charge is 0.330 e. The molecule has 1 nitrogen and oxygen atoms in total. The summed E-state index contributed by atoms with van der Waals surface area (Å²) in [5, 5.41) is 0.473. The van der Waals surface area contributed by atoms with E-state index in [1.54, 1.807) is 0 Å². The van der Waals surface area contributed by atoms with Gasteiger partial charge < -0.3 is 5.73 Å². The predicted octanol–water partition coefficient (Wildman–Crippen LogP) is 1.46.